The van der Waals surface area contributed by atoms with Gasteiger partial charge in [0.05, 0.1) is 31.7 Å². The number of nitrogens with zero attached hydrogens (tertiary/aromatic N) is 1. The molecule has 0 bridgehead atoms. The number of anilines is 1. The van der Waals surface area contributed by atoms with Crippen molar-refractivity contribution in [1.82, 2.24) is 0 Å². The summed E-state index contributed by atoms with van der Waals surface area (Å²) in [4.78, 5) is 35.9. The Labute approximate surface area is 157 Å². The number of nitro benzene ring substituents is 1. The molecule has 1 amide bonds. The zero-order valence-corrected chi connectivity index (χ0v) is 15.9. The monoisotopic (exact) mass is 380 g/mol. The van der Waals surface area contributed by atoms with Crippen LogP contribution in [0.5, 0.6) is 5.75 Å². The second-order valence-electron chi connectivity index (χ2n) is 6.62. The third-order valence-electron chi connectivity index (χ3n) is 4.65. The molecular weight excluding hydrogens is 354 g/mol. The van der Waals surface area contributed by atoms with Crippen molar-refractivity contribution in [2.45, 2.75) is 26.7 Å². The Morgan fingerprint density at radius 1 is 1.41 bits per heavy atom. The first kappa shape index (κ1) is 20.6. The highest BCUT2D eigenvalue weighted by atomic mass is 16.6. The molecule has 2 rings (SSSR count). The number of carbonyl (C=O) groups excluding carboxylic acids is 2. The number of hydrogen-bond acceptors (Lipinski definition) is 6. The number of methoxy groups -OCH3 is 1. The number of benzene rings is 1. The summed E-state index contributed by atoms with van der Waals surface area (Å²) in [7, 11) is 1.34. The van der Waals surface area contributed by atoms with Crippen LogP contribution in [0.25, 0.3) is 0 Å². The fourth-order valence-corrected chi connectivity index (χ4v) is 3.31. The topological polar surface area (TPSA) is 112 Å². The SMILES string of the molecule is CCOC(=O)[C@H]1CCC[NH+](CC(=O)Nc2cc(OC)c([N+](=O)[O-])cc2C)C1. The number of aryl methyl sites for hydroxylation is 1. The van der Waals surface area contributed by atoms with Gasteiger partial charge in [-0.05, 0) is 32.3 Å². The minimum Gasteiger partial charge on any atom is -0.490 e. The summed E-state index contributed by atoms with van der Waals surface area (Å²) in [6, 6.07) is 2.83. The van der Waals surface area contributed by atoms with Gasteiger partial charge in [-0.25, -0.2) is 0 Å². The van der Waals surface area contributed by atoms with Gasteiger partial charge in [-0.3, -0.25) is 19.7 Å². The normalized spacial score (nSPS) is 19.2. The molecule has 0 aliphatic carbocycles. The van der Waals surface area contributed by atoms with E-state index < -0.39 is 4.92 Å². The van der Waals surface area contributed by atoms with Gasteiger partial charge in [-0.1, -0.05) is 0 Å². The van der Waals surface area contributed by atoms with Gasteiger partial charge in [-0.2, -0.15) is 0 Å². The van der Waals surface area contributed by atoms with E-state index in [4.69, 9.17) is 9.47 Å². The number of carbonyl (C=O) groups is 2. The average Bonchev–Trinajstić information content (AvgIpc) is 2.63. The van der Waals surface area contributed by atoms with Crippen molar-refractivity contribution >= 4 is 23.3 Å². The fraction of sp³-hybridized carbons (Fsp3) is 0.556. The zero-order chi connectivity index (χ0) is 20.0. The molecule has 0 saturated carbocycles. The van der Waals surface area contributed by atoms with Crippen molar-refractivity contribution in [2.75, 3.05) is 38.7 Å². The van der Waals surface area contributed by atoms with Crippen LogP contribution in [0.2, 0.25) is 0 Å². The molecule has 1 fully saturated rings. The van der Waals surface area contributed by atoms with Crippen LogP contribution in [-0.2, 0) is 14.3 Å². The largest absolute Gasteiger partial charge is 0.490 e. The predicted molar refractivity (Wildman–Crippen MR) is 97.9 cm³/mol. The molecule has 1 unspecified atom stereocenters. The lowest BCUT2D eigenvalue weighted by Crippen LogP contribution is -3.14. The van der Waals surface area contributed by atoms with E-state index in [9.17, 15) is 19.7 Å². The average molecular weight is 380 g/mol. The Bertz CT molecular complexity index is 721. The maximum Gasteiger partial charge on any atom is 0.314 e. The summed E-state index contributed by atoms with van der Waals surface area (Å²) in [5, 5.41) is 13.8. The molecule has 1 aliphatic rings. The van der Waals surface area contributed by atoms with Crippen molar-refractivity contribution < 1.29 is 28.9 Å². The smallest absolute Gasteiger partial charge is 0.314 e. The van der Waals surface area contributed by atoms with Crippen molar-refractivity contribution in [3.8, 4) is 5.75 Å². The van der Waals surface area contributed by atoms with Gasteiger partial charge < -0.3 is 19.7 Å². The number of hydrogen-bond donors (Lipinski definition) is 2. The van der Waals surface area contributed by atoms with Gasteiger partial charge in [0.1, 0.15) is 5.92 Å². The number of amides is 1. The summed E-state index contributed by atoms with van der Waals surface area (Å²) >= 11 is 0. The molecule has 1 aromatic rings. The van der Waals surface area contributed by atoms with Crippen LogP contribution < -0.4 is 15.0 Å². The predicted octanol–water partition coefficient (Wildman–Crippen LogP) is 0.708. The van der Waals surface area contributed by atoms with Crippen molar-refractivity contribution in [3.05, 3.63) is 27.8 Å². The molecule has 1 heterocycles. The summed E-state index contributed by atoms with van der Waals surface area (Å²) in [5.74, 6) is -0.504. The molecule has 0 spiro atoms. The summed E-state index contributed by atoms with van der Waals surface area (Å²) in [6.45, 7) is 5.41. The van der Waals surface area contributed by atoms with Crippen LogP contribution in [-0.4, -0.2) is 50.2 Å². The number of nitrogens with one attached hydrogen (secondary N) is 2. The number of likely N-dealkylation sites (tertiary alicyclic amines) is 1. The molecule has 2 atom stereocenters. The van der Waals surface area contributed by atoms with Gasteiger partial charge in [0, 0.05) is 17.8 Å². The molecule has 0 aromatic heterocycles. The maximum absolute atomic E-state index is 12.4. The van der Waals surface area contributed by atoms with Gasteiger partial charge in [0.25, 0.3) is 5.91 Å². The second kappa shape index (κ2) is 9.31. The van der Waals surface area contributed by atoms with Gasteiger partial charge in [-0.15, -0.1) is 0 Å². The third-order valence-corrected chi connectivity index (χ3v) is 4.65. The van der Waals surface area contributed by atoms with Crippen LogP contribution in [0, 0.1) is 23.0 Å². The van der Waals surface area contributed by atoms with Crippen LogP contribution >= 0.6 is 0 Å². The molecule has 9 heteroatoms. The van der Waals surface area contributed by atoms with Crippen LogP contribution in [0.4, 0.5) is 11.4 Å². The number of piperidine rings is 1. The molecule has 1 aromatic carbocycles. The van der Waals surface area contributed by atoms with Crippen LogP contribution in [0.1, 0.15) is 25.3 Å². The number of esters is 1. The first-order valence-corrected chi connectivity index (χ1v) is 8.98. The van der Waals surface area contributed by atoms with E-state index in [1.54, 1.807) is 13.8 Å². The molecule has 2 N–H and O–H groups in total. The number of ether oxygens (including phenoxy) is 2. The van der Waals surface area contributed by atoms with E-state index in [0.29, 0.717) is 24.4 Å². The van der Waals surface area contributed by atoms with E-state index in [0.717, 1.165) is 24.3 Å². The standard InChI is InChI=1S/C18H25N3O6/c1-4-27-18(23)13-6-5-7-20(10-13)11-17(22)19-14-9-16(26-3)15(21(24)25)8-12(14)2/h8-9,13H,4-7,10-11H2,1-3H3,(H,19,22)/p+1/t13-/m0/s1. The number of nitro groups is 1. The van der Waals surface area contributed by atoms with E-state index in [2.05, 4.69) is 5.32 Å². The quantitative estimate of drug-likeness (QED) is 0.409. The Morgan fingerprint density at radius 3 is 2.78 bits per heavy atom. The Kier molecular flexibility index (Phi) is 7.12. The maximum atomic E-state index is 12.4. The van der Waals surface area contributed by atoms with Gasteiger partial charge in [0.2, 0.25) is 0 Å². The first-order chi connectivity index (χ1) is 12.8. The molecule has 27 heavy (non-hydrogen) atoms. The summed E-state index contributed by atoms with van der Waals surface area (Å²) in [5.41, 5.74) is 0.904. The van der Waals surface area contributed by atoms with Gasteiger partial charge in [0.15, 0.2) is 12.3 Å². The van der Waals surface area contributed by atoms with E-state index in [-0.39, 0.29) is 35.8 Å². The van der Waals surface area contributed by atoms with Crippen LogP contribution in [0.15, 0.2) is 12.1 Å². The van der Waals surface area contributed by atoms with Crippen molar-refractivity contribution in [2.24, 2.45) is 5.92 Å². The highest BCUT2D eigenvalue weighted by Gasteiger charge is 2.31. The summed E-state index contributed by atoms with van der Waals surface area (Å²) in [6.07, 6.45) is 1.64. The molecule has 0 radical (unpaired) electrons. The minimum atomic E-state index is -0.523. The lowest BCUT2D eigenvalue weighted by atomic mass is 9.98. The lowest BCUT2D eigenvalue weighted by molar-refractivity contribution is -0.899. The minimum absolute atomic E-state index is 0.0913. The second-order valence-corrected chi connectivity index (χ2v) is 6.62. The molecule has 1 saturated heterocycles. The first-order valence-electron chi connectivity index (χ1n) is 8.98. The lowest BCUT2D eigenvalue weighted by Gasteiger charge is -2.28. The zero-order valence-electron chi connectivity index (χ0n) is 15.9. The molecule has 148 valence electrons. The van der Waals surface area contributed by atoms with Gasteiger partial charge >= 0.3 is 11.7 Å². The van der Waals surface area contributed by atoms with Crippen LogP contribution in [0.3, 0.4) is 0 Å². The van der Waals surface area contributed by atoms with Crippen molar-refractivity contribution in [3.63, 3.8) is 0 Å². The highest BCUT2D eigenvalue weighted by Crippen LogP contribution is 2.32. The number of rotatable bonds is 7. The van der Waals surface area contributed by atoms with E-state index in [1.807, 2.05) is 0 Å². The highest BCUT2D eigenvalue weighted by molar-refractivity contribution is 5.92. The number of quaternary nitrogens is 1. The molecule has 9 nitrogen and oxygen atoms in total. The summed E-state index contributed by atoms with van der Waals surface area (Å²) < 4.78 is 10.1. The van der Waals surface area contributed by atoms with Crippen molar-refractivity contribution in [1.29, 1.82) is 0 Å². The molecular formula is C18H26N3O6+. The van der Waals surface area contributed by atoms with E-state index >= 15 is 0 Å². The Balaban J connectivity index is 2.01. The molecule has 1 aliphatic heterocycles. The fourth-order valence-electron chi connectivity index (χ4n) is 3.31. The Hall–Kier alpha value is -2.68. The van der Waals surface area contributed by atoms with E-state index in [1.165, 1.54) is 19.2 Å². The Morgan fingerprint density at radius 2 is 2.15 bits per heavy atom. The third kappa shape index (κ3) is 5.40.